The van der Waals surface area contributed by atoms with Crippen molar-refractivity contribution in [1.82, 2.24) is 5.32 Å². The van der Waals surface area contributed by atoms with Crippen molar-refractivity contribution in [1.29, 1.82) is 0 Å². The van der Waals surface area contributed by atoms with Crippen LogP contribution in [-0.2, 0) is 6.18 Å². The number of nitrogens with one attached hydrogen (secondary N) is 1. The minimum Gasteiger partial charge on any atom is -0.397 e. The van der Waals surface area contributed by atoms with Crippen molar-refractivity contribution in [2.45, 2.75) is 31.3 Å². The smallest absolute Gasteiger partial charge is 0.397 e. The Hall–Kier alpha value is -0.650. The zero-order chi connectivity index (χ0) is 15.3. The minimum absolute atomic E-state index is 0.131. The molecule has 0 saturated heterocycles. The van der Waals surface area contributed by atoms with E-state index in [1.807, 2.05) is 0 Å². The summed E-state index contributed by atoms with van der Waals surface area (Å²) in [5, 5.41) is 2.37. The molecule has 3 N–H and O–H groups in total. The lowest BCUT2D eigenvalue weighted by Crippen LogP contribution is -2.20. The molecule has 0 spiro atoms. The molecule has 0 aromatic heterocycles. The van der Waals surface area contributed by atoms with Crippen LogP contribution < -0.4 is 11.1 Å². The summed E-state index contributed by atoms with van der Waals surface area (Å²) < 4.78 is 38.5. The van der Waals surface area contributed by atoms with Crippen molar-refractivity contribution < 1.29 is 13.2 Å². The number of halogens is 5. The van der Waals surface area contributed by atoms with Gasteiger partial charge in [-0.25, -0.2) is 0 Å². The highest BCUT2D eigenvalue weighted by Crippen LogP contribution is 2.39. The Morgan fingerprint density at radius 2 is 2.00 bits per heavy atom. The first-order valence-corrected chi connectivity index (χ1v) is 7.09. The molecule has 1 rings (SSSR count). The maximum absolute atomic E-state index is 12.8. The highest BCUT2D eigenvalue weighted by molar-refractivity contribution is 6.33. The third-order valence-electron chi connectivity index (χ3n) is 2.85. The van der Waals surface area contributed by atoms with Crippen molar-refractivity contribution in [3.05, 3.63) is 28.3 Å². The summed E-state index contributed by atoms with van der Waals surface area (Å²) in [4.78, 5) is 0. The van der Waals surface area contributed by atoms with Gasteiger partial charge in [-0.3, -0.25) is 0 Å². The summed E-state index contributed by atoms with van der Waals surface area (Å²) in [5.41, 5.74) is 4.26. The number of nitrogens with two attached hydrogens (primary N) is 1. The summed E-state index contributed by atoms with van der Waals surface area (Å²) in [6, 6.07) is 2.34. The van der Waals surface area contributed by atoms with Gasteiger partial charge in [-0.2, -0.15) is 13.2 Å². The molecule has 1 unspecified atom stereocenters. The summed E-state index contributed by atoms with van der Waals surface area (Å²) in [5.74, 6) is 0. The highest BCUT2D eigenvalue weighted by Gasteiger charge is 2.34. The molecule has 1 aromatic rings. The molecule has 114 valence electrons. The van der Waals surface area contributed by atoms with Crippen LogP contribution in [0.1, 0.15) is 36.3 Å². The molecule has 0 heterocycles. The predicted octanol–water partition coefficient (Wildman–Crippen LogP) is 4.61. The van der Waals surface area contributed by atoms with E-state index in [9.17, 15) is 13.2 Å². The molecule has 1 atom stereocenters. The van der Waals surface area contributed by atoms with E-state index in [4.69, 9.17) is 28.9 Å². The zero-order valence-electron chi connectivity index (χ0n) is 11.0. The van der Waals surface area contributed by atoms with E-state index in [1.165, 1.54) is 6.07 Å². The van der Waals surface area contributed by atoms with E-state index in [0.29, 0.717) is 12.1 Å². The van der Waals surface area contributed by atoms with Gasteiger partial charge in [0.2, 0.25) is 0 Å². The van der Waals surface area contributed by atoms with Crippen molar-refractivity contribution in [2.24, 2.45) is 0 Å². The largest absolute Gasteiger partial charge is 0.418 e. The number of alkyl halides is 4. The molecular formula is C13H17Cl2F3N2. The minimum atomic E-state index is -4.55. The summed E-state index contributed by atoms with van der Waals surface area (Å²) in [6.07, 6.45) is -2.53. The second-order valence-electron chi connectivity index (χ2n) is 4.49. The van der Waals surface area contributed by atoms with Crippen LogP contribution in [0.15, 0.2) is 12.1 Å². The quantitative estimate of drug-likeness (QED) is 0.454. The van der Waals surface area contributed by atoms with Gasteiger partial charge in [0.25, 0.3) is 0 Å². The molecule has 0 aliphatic heterocycles. The van der Waals surface area contributed by atoms with Crippen molar-refractivity contribution >= 4 is 28.9 Å². The Morgan fingerprint density at radius 1 is 1.35 bits per heavy atom. The normalized spacial score (nSPS) is 13.5. The van der Waals surface area contributed by atoms with E-state index in [-0.39, 0.29) is 5.02 Å². The van der Waals surface area contributed by atoms with Gasteiger partial charge in [0.1, 0.15) is 0 Å². The molecular weight excluding hydrogens is 312 g/mol. The summed E-state index contributed by atoms with van der Waals surface area (Å²) in [6.45, 7) is 3.20. The van der Waals surface area contributed by atoms with Crippen LogP contribution >= 0.6 is 23.2 Å². The maximum Gasteiger partial charge on any atom is 0.418 e. The van der Waals surface area contributed by atoms with E-state index in [1.54, 1.807) is 0 Å². The number of hydrogen-bond acceptors (Lipinski definition) is 2. The van der Waals surface area contributed by atoms with Crippen LogP contribution in [-0.4, -0.2) is 13.1 Å². The van der Waals surface area contributed by atoms with E-state index >= 15 is 0 Å². The fourth-order valence-corrected chi connectivity index (χ4v) is 2.17. The summed E-state index contributed by atoms with van der Waals surface area (Å²) >= 11 is 11.9. The molecule has 0 saturated carbocycles. The Balaban J connectivity index is 2.88. The van der Waals surface area contributed by atoms with Crippen LogP contribution in [0.2, 0.25) is 5.02 Å². The summed E-state index contributed by atoms with van der Waals surface area (Å²) in [7, 11) is 0. The van der Waals surface area contributed by atoms with Crippen molar-refractivity contribution in [3.63, 3.8) is 0 Å². The van der Waals surface area contributed by atoms with Crippen LogP contribution in [0.4, 0.5) is 18.9 Å². The van der Waals surface area contributed by atoms with Crippen LogP contribution in [0.3, 0.4) is 0 Å². The first-order valence-electron chi connectivity index (χ1n) is 6.28. The average molecular weight is 329 g/mol. The van der Waals surface area contributed by atoms with Gasteiger partial charge in [-0.15, -0.1) is 11.6 Å². The topological polar surface area (TPSA) is 38.0 Å². The van der Waals surface area contributed by atoms with Gasteiger partial charge in [0.15, 0.2) is 0 Å². The van der Waals surface area contributed by atoms with Crippen molar-refractivity contribution in [3.8, 4) is 0 Å². The van der Waals surface area contributed by atoms with E-state index in [0.717, 1.165) is 25.5 Å². The van der Waals surface area contributed by atoms with Gasteiger partial charge >= 0.3 is 6.18 Å². The van der Waals surface area contributed by atoms with Crippen LogP contribution in [0.5, 0.6) is 0 Å². The highest BCUT2D eigenvalue weighted by atomic mass is 35.5. The SMILES string of the molecule is CCCCNCC(Cl)c1cc(Cl)c(N)c(C(F)(F)F)c1. The fraction of sp³-hybridized carbons (Fsp3) is 0.538. The third kappa shape index (κ3) is 4.72. The number of anilines is 1. The van der Waals surface area contributed by atoms with Crippen molar-refractivity contribution in [2.75, 3.05) is 18.8 Å². The van der Waals surface area contributed by atoms with Crippen LogP contribution in [0, 0.1) is 0 Å². The lowest BCUT2D eigenvalue weighted by atomic mass is 10.1. The lowest BCUT2D eigenvalue weighted by Gasteiger charge is -2.16. The molecule has 0 fully saturated rings. The second-order valence-corrected chi connectivity index (χ2v) is 5.42. The Kier molecular flexibility index (Phi) is 6.43. The van der Waals surface area contributed by atoms with Gasteiger partial charge < -0.3 is 11.1 Å². The Bertz CT molecular complexity index is 450. The molecule has 0 aliphatic rings. The monoisotopic (exact) mass is 328 g/mol. The lowest BCUT2D eigenvalue weighted by molar-refractivity contribution is -0.136. The van der Waals surface area contributed by atoms with E-state index in [2.05, 4.69) is 12.2 Å². The second kappa shape index (κ2) is 7.38. The Morgan fingerprint density at radius 3 is 2.55 bits per heavy atom. The standard InChI is InChI=1S/C13H17Cl2F3N2/c1-2-3-4-20-7-11(15)8-5-9(13(16,17)18)12(19)10(14)6-8/h5-6,11,20H,2-4,7,19H2,1H3. The molecule has 0 radical (unpaired) electrons. The maximum atomic E-state index is 12.8. The third-order valence-corrected chi connectivity index (χ3v) is 3.57. The predicted molar refractivity (Wildman–Crippen MR) is 77.2 cm³/mol. The molecule has 1 aromatic carbocycles. The molecule has 2 nitrogen and oxygen atoms in total. The molecule has 7 heteroatoms. The molecule has 0 bridgehead atoms. The van der Waals surface area contributed by atoms with Gasteiger partial charge in [0, 0.05) is 6.54 Å². The zero-order valence-corrected chi connectivity index (χ0v) is 12.5. The van der Waals surface area contributed by atoms with Gasteiger partial charge in [0.05, 0.1) is 21.7 Å². The number of benzene rings is 1. The first-order chi connectivity index (χ1) is 9.27. The average Bonchev–Trinajstić information content (AvgIpc) is 2.36. The molecule has 0 amide bonds. The van der Waals surface area contributed by atoms with Gasteiger partial charge in [-0.05, 0) is 30.7 Å². The van der Waals surface area contributed by atoms with E-state index < -0.39 is 22.8 Å². The first kappa shape index (κ1) is 17.4. The van der Waals surface area contributed by atoms with Crippen LogP contribution in [0.25, 0.3) is 0 Å². The number of hydrogen-bond donors (Lipinski definition) is 2. The fourth-order valence-electron chi connectivity index (χ4n) is 1.70. The molecule has 0 aliphatic carbocycles. The molecule has 20 heavy (non-hydrogen) atoms. The Labute approximate surface area is 126 Å². The number of nitrogen functional groups attached to an aromatic ring is 1. The number of unbranched alkanes of at least 4 members (excludes halogenated alkanes) is 1. The van der Waals surface area contributed by atoms with Gasteiger partial charge in [-0.1, -0.05) is 24.9 Å². The number of rotatable bonds is 6.